The standard InChI is InChI=1S/C20H27N3S/c1-2-7-13-23(12-6-1)19-17-15-8-4-3-5-9-16(15)24-20(17)22-18(21-19)14-10-11-14/h14H,1-13H2. The van der Waals surface area contributed by atoms with E-state index in [1.165, 1.54) is 99.8 Å². The van der Waals surface area contributed by atoms with Crippen molar-refractivity contribution in [2.45, 2.75) is 76.5 Å². The molecule has 1 saturated carbocycles. The number of anilines is 1. The van der Waals surface area contributed by atoms with E-state index in [2.05, 4.69) is 4.90 Å². The first-order valence-corrected chi connectivity index (χ1v) is 10.8. The quantitative estimate of drug-likeness (QED) is 0.701. The van der Waals surface area contributed by atoms with E-state index in [1.54, 1.807) is 10.4 Å². The Morgan fingerprint density at radius 3 is 2.38 bits per heavy atom. The van der Waals surface area contributed by atoms with Crippen LogP contribution in [0.1, 0.15) is 80.0 Å². The first-order chi connectivity index (χ1) is 11.9. The third kappa shape index (κ3) is 2.73. The van der Waals surface area contributed by atoms with Gasteiger partial charge in [-0.1, -0.05) is 19.3 Å². The molecule has 4 heteroatoms. The Morgan fingerprint density at radius 1 is 0.833 bits per heavy atom. The van der Waals surface area contributed by atoms with Gasteiger partial charge >= 0.3 is 0 Å². The number of hydrogen-bond donors (Lipinski definition) is 0. The maximum absolute atomic E-state index is 5.16. The van der Waals surface area contributed by atoms with Gasteiger partial charge in [0.1, 0.15) is 16.5 Å². The molecule has 2 aromatic rings. The number of fused-ring (bicyclic) bond motifs is 3. The summed E-state index contributed by atoms with van der Waals surface area (Å²) in [6.45, 7) is 2.36. The monoisotopic (exact) mass is 341 g/mol. The van der Waals surface area contributed by atoms with E-state index in [-0.39, 0.29) is 0 Å². The van der Waals surface area contributed by atoms with Crippen molar-refractivity contribution in [3.8, 4) is 0 Å². The van der Waals surface area contributed by atoms with Gasteiger partial charge in [0.2, 0.25) is 0 Å². The highest BCUT2D eigenvalue weighted by molar-refractivity contribution is 7.19. The normalized spacial score (nSPS) is 22.2. The van der Waals surface area contributed by atoms with E-state index in [0.717, 1.165) is 5.82 Å². The molecule has 3 nitrogen and oxygen atoms in total. The number of aromatic nitrogens is 2. The first kappa shape index (κ1) is 15.1. The van der Waals surface area contributed by atoms with Gasteiger partial charge in [-0.15, -0.1) is 11.3 Å². The Hall–Kier alpha value is -1.16. The summed E-state index contributed by atoms with van der Waals surface area (Å²) < 4.78 is 0. The van der Waals surface area contributed by atoms with Crippen LogP contribution >= 0.6 is 11.3 Å². The maximum Gasteiger partial charge on any atom is 0.141 e. The summed E-state index contributed by atoms with van der Waals surface area (Å²) in [4.78, 5) is 15.7. The highest BCUT2D eigenvalue weighted by Crippen LogP contribution is 2.44. The van der Waals surface area contributed by atoms with Crippen molar-refractivity contribution in [3.63, 3.8) is 0 Å². The number of hydrogen-bond acceptors (Lipinski definition) is 4. The van der Waals surface area contributed by atoms with Crippen molar-refractivity contribution in [1.82, 2.24) is 9.97 Å². The molecule has 24 heavy (non-hydrogen) atoms. The van der Waals surface area contributed by atoms with Crippen molar-refractivity contribution >= 4 is 27.4 Å². The van der Waals surface area contributed by atoms with Crippen molar-refractivity contribution in [1.29, 1.82) is 0 Å². The Bertz CT molecular complexity index is 739. The molecule has 0 radical (unpaired) electrons. The Balaban J connectivity index is 1.67. The zero-order valence-electron chi connectivity index (χ0n) is 14.5. The average molecular weight is 342 g/mol. The summed E-state index contributed by atoms with van der Waals surface area (Å²) >= 11 is 1.98. The summed E-state index contributed by atoms with van der Waals surface area (Å²) in [5.74, 6) is 3.07. The summed E-state index contributed by atoms with van der Waals surface area (Å²) in [5.41, 5.74) is 1.61. The summed E-state index contributed by atoms with van der Waals surface area (Å²) in [5, 5.41) is 1.43. The highest BCUT2D eigenvalue weighted by atomic mass is 32.1. The van der Waals surface area contributed by atoms with E-state index in [1.807, 2.05) is 11.3 Å². The van der Waals surface area contributed by atoms with Crippen LogP contribution in [0.25, 0.3) is 10.2 Å². The van der Waals surface area contributed by atoms with Crippen molar-refractivity contribution in [2.75, 3.05) is 18.0 Å². The van der Waals surface area contributed by atoms with E-state index >= 15 is 0 Å². The zero-order chi connectivity index (χ0) is 15.9. The minimum Gasteiger partial charge on any atom is -0.356 e. The van der Waals surface area contributed by atoms with Crippen LogP contribution in [0.2, 0.25) is 0 Å². The van der Waals surface area contributed by atoms with Gasteiger partial charge < -0.3 is 4.90 Å². The van der Waals surface area contributed by atoms with Gasteiger partial charge in [-0.05, 0) is 56.9 Å². The first-order valence-electron chi connectivity index (χ1n) is 9.97. The van der Waals surface area contributed by atoms with E-state index < -0.39 is 0 Å². The minimum absolute atomic E-state index is 0.641. The molecular weight excluding hydrogens is 314 g/mol. The second kappa shape index (κ2) is 6.29. The zero-order valence-corrected chi connectivity index (χ0v) is 15.3. The summed E-state index contributed by atoms with van der Waals surface area (Å²) in [7, 11) is 0. The molecule has 2 fully saturated rings. The highest BCUT2D eigenvalue weighted by Gasteiger charge is 2.30. The number of aryl methyl sites for hydroxylation is 2. The Kier molecular flexibility index (Phi) is 3.96. The van der Waals surface area contributed by atoms with Gasteiger partial charge in [-0.2, -0.15) is 0 Å². The topological polar surface area (TPSA) is 29.0 Å². The predicted octanol–water partition coefficient (Wildman–Crippen LogP) is 5.22. The molecule has 2 aromatic heterocycles. The second-order valence-electron chi connectivity index (χ2n) is 7.83. The lowest BCUT2D eigenvalue weighted by atomic mass is 10.1. The molecule has 1 aliphatic heterocycles. The van der Waals surface area contributed by atoms with Crippen LogP contribution in [0.4, 0.5) is 5.82 Å². The second-order valence-corrected chi connectivity index (χ2v) is 8.91. The smallest absolute Gasteiger partial charge is 0.141 e. The van der Waals surface area contributed by atoms with Crippen LogP contribution in [0, 0.1) is 0 Å². The van der Waals surface area contributed by atoms with Crippen molar-refractivity contribution in [2.24, 2.45) is 0 Å². The van der Waals surface area contributed by atoms with Crippen LogP contribution in [0.3, 0.4) is 0 Å². The Morgan fingerprint density at radius 2 is 1.58 bits per heavy atom. The lowest BCUT2D eigenvalue weighted by molar-refractivity contribution is 0.713. The third-order valence-electron chi connectivity index (χ3n) is 5.91. The molecule has 0 N–H and O–H groups in total. The minimum atomic E-state index is 0.641. The fraction of sp³-hybridized carbons (Fsp3) is 0.700. The molecule has 0 bridgehead atoms. The van der Waals surface area contributed by atoms with Gasteiger partial charge in [0.15, 0.2) is 0 Å². The fourth-order valence-corrected chi connectivity index (χ4v) is 5.63. The number of nitrogens with zero attached hydrogens (tertiary/aromatic N) is 3. The van der Waals surface area contributed by atoms with E-state index in [0.29, 0.717) is 5.92 Å². The largest absolute Gasteiger partial charge is 0.356 e. The molecule has 0 unspecified atom stereocenters. The fourth-order valence-electron chi connectivity index (χ4n) is 4.37. The molecule has 0 aromatic carbocycles. The SMILES string of the molecule is C1CCc2sc3nc(C4CC4)nc(N4CCCCCC4)c3c2CC1. The van der Waals surface area contributed by atoms with Crippen LogP contribution in [-0.2, 0) is 12.8 Å². The summed E-state index contributed by atoms with van der Waals surface area (Å²) in [6, 6.07) is 0. The number of thiophene rings is 1. The third-order valence-corrected chi connectivity index (χ3v) is 7.10. The van der Waals surface area contributed by atoms with Crippen LogP contribution in [0.15, 0.2) is 0 Å². The van der Waals surface area contributed by atoms with Gasteiger partial charge in [-0.3, -0.25) is 0 Å². The summed E-state index contributed by atoms with van der Waals surface area (Å²) in [6.07, 6.45) is 14.5. The maximum atomic E-state index is 5.16. The predicted molar refractivity (Wildman–Crippen MR) is 101 cm³/mol. The van der Waals surface area contributed by atoms with Gasteiger partial charge in [-0.25, -0.2) is 9.97 Å². The number of rotatable bonds is 2. The van der Waals surface area contributed by atoms with Crippen molar-refractivity contribution in [3.05, 3.63) is 16.3 Å². The van der Waals surface area contributed by atoms with Gasteiger partial charge in [0, 0.05) is 23.9 Å². The molecule has 5 rings (SSSR count). The van der Waals surface area contributed by atoms with Gasteiger partial charge in [0.05, 0.1) is 5.39 Å². The molecule has 0 atom stereocenters. The molecular formula is C20H27N3S. The molecule has 0 spiro atoms. The van der Waals surface area contributed by atoms with E-state index in [9.17, 15) is 0 Å². The molecule has 128 valence electrons. The van der Waals surface area contributed by atoms with Crippen LogP contribution in [-0.4, -0.2) is 23.1 Å². The van der Waals surface area contributed by atoms with Crippen LogP contribution < -0.4 is 4.90 Å². The van der Waals surface area contributed by atoms with Crippen LogP contribution in [0.5, 0.6) is 0 Å². The molecule has 1 saturated heterocycles. The van der Waals surface area contributed by atoms with Crippen molar-refractivity contribution < 1.29 is 0 Å². The van der Waals surface area contributed by atoms with Gasteiger partial charge in [0.25, 0.3) is 0 Å². The molecule has 0 amide bonds. The lowest BCUT2D eigenvalue weighted by Gasteiger charge is -2.23. The van der Waals surface area contributed by atoms with E-state index in [4.69, 9.17) is 9.97 Å². The molecule has 2 aliphatic carbocycles. The lowest BCUT2D eigenvalue weighted by Crippen LogP contribution is -2.25. The Labute approximate surface area is 148 Å². The molecule has 3 heterocycles. The molecule has 3 aliphatic rings. The average Bonchev–Trinajstić information content (AvgIpc) is 3.42.